The smallest absolute Gasteiger partial charge is 0.407 e. The number of hydrogen-bond donors (Lipinski definition) is 1. The van der Waals surface area contributed by atoms with E-state index >= 15 is 0 Å². The summed E-state index contributed by atoms with van der Waals surface area (Å²) in [6, 6.07) is 4.03. The topological polar surface area (TPSA) is 54.5 Å². The predicted octanol–water partition coefficient (Wildman–Crippen LogP) is 3.59. The Morgan fingerprint density at radius 1 is 1.50 bits per heavy atom. The Bertz CT molecular complexity index is 499. The zero-order valence-corrected chi connectivity index (χ0v) is 15.0. The van der Waals surface area contributed by atoms with Crippen LogP contribution in [-0.2, 0) is 4.74 Å². The first-order valence-corrected chi connectivity index (χ1v) is 8.46. The van der Waals surface area contributed by atoms with E-state index in [1.165, 1.54) is 0 Å². The average molecular weight is 370 g/mol. The van der Waals surface area contributed by atoms with E-state index in [-0.39, 0.29) is 6.09 Å². The fourth-order valence-electron chi connectivity index (χ4n) is 2.54. The molecule has 6 heteroatoms. The average Bonchev–Trinajstić information content (AvgIpc) is 2.44. The number of hydrogen-bond acceptors (Lipinski definition) is 4. The van der Waals surface area contributed by atoms with Crippen molar-refractivity contribution in [2.75, 3.05) is 24.5 Å². The lowest BCUT2D eigenvalue weighted by Crippen LogP contribution is -2.42. The van der Waals surface area contributed by atoms with E-state index in [9.17, 15) is 4.79 Å². The molecule has 1 atom stereocenters. The van der Waals surface area contributed by atoms with Crippen LogP contribution < -0.4 is 10.2 Å². The maximum absolute atomic E-state index is 11.7. The van der Waals surface area contributed by atoms with Gasteiger partial charge in [0.1, 0.15) is 11.4 Å². The molecular formula is C16H24BrN3O2. The normalized spacial score (nSPS) is 18.9. The number of rotatable bonds is 3. The number of ether oxygens (including phenoxy) is 1. The van der Waals surface area contributed by atoms with Gasteiger partial charge in [-0.3, -0.25) is 0 Å². The highest BCUT2D eigenvalue weighted by atomic mass is 79.9. The number of halogens is 1. The van der Waals surface area contributed by atoms with Crippen molar-refractivity contribution >= 4 is 27.8 Å². The van der Waals surface area contributed by atoms with Crippen LogP contribution in [0.5, 0.6) is 0 Å². The molecule has 1 saturated heterocycles. The number of anilines is 1. The Morgan fingerprint density at radius 2 is 2.27 bits per heavy atom. The number of aromatic nitrogens is 1. The molecule has 5 nitrogen and oxygen atoms in total. The summed E-state index contributed by atoms with van der Waals surface area (Å²) >= 11 is 3.40. The largest absolute Gasteiger partial charge is 0.444 e. The van der Waals surface area contributed by atoms with E-state index < -0.39 is 5.60 Å². The van der Waals surface area contributed by atoms with Gasteiger partial charge in [0.2, 0.25) is 0 Å². The number of pyridine rings is 1. The van der Waals surface area contributed by atoms with Gasteiger partial charge in [-0.15, -0.1) is 0 Å². The molecule has 22 heavy (non-hydrogen) atoms. The number of alkyl carbamates (subject to hydrolysis) is 1. The molecule has 1 aromatic heterocycles. The van der Waals surface area contributed by atoms with Gasteiger partial charge in [-0.2, -0.15) is 0 Å². The number of carbonyl (C=O) groups excluding carboxylic acids is 1. The molecule has 1 aliphatic rings. The van der Waals surface area contributed by atoms with Crippen molar-refractivity contribution in [1.82, 2.24) is 10.3 Å². The molecule has 0 unspecified atom stereocenters. The van der Waals surface area contributed by atoms with Gasteiger partial charge in [-0.25, -0.2) is 9.78 Å². The molecule has 1 aliphatic heterocycles. The number of carbonyl (C=O) groups is 1. The lowest BCUT2D eigenvalue weighted by atomic mass is 9.98. The molecule has 122 valence electrons. The SMILES string of the molecule is CC(C)(C)OC(=O)NC[C@@H]1CCCN(c2ccc(Br)cn2)C1. The zero-order chi connectivity index (χ0) is 16.2. The second-order valence-electron chi connectivity index (χ2n) is 6.67. The van der Waals surface area contributed by atoms with Gasteiger partial charge < -0.3 is 15.0 Å². The highest BCUT2D eigenvalue weighted by Crippen LogP contribution is 2.22. The third-order valence-corrected chi connectivity index (χ3v) is 3.96. The quantitative estimate of drug-likeness (QED) is 0.884. The van der Waals surface area contributed by atoms with Crippen LogP contribution >= 0.6 is 15.9 Å². The van der Waals surface area contributed by atoms with Crippen LogP contribution in [0.2, 0.25) is 0 Å². The van der Waals surface area contributed by atoms with Crippen molar-refractivity contribution < 1.29 is 9.53 Å². The van der Waals surface area contributed by atoms with Crippen molar-refractivity contribution in [3.8, 4) is 0 Å². The maximum Gasteiger partial charge on any atom is 0.407 e. The van der Waals surface area contributed by atoms with E-state index in [1.54, 1.807) is 0 Å². The Hall–Kier alpha value is -1.30. The van der Waals surface area contributed by atoms with Crippen molar-refractivity contribution in [3.63, 3.8) is 0 Å². The summed E-state index contributed by atoms with van der Waals surface area (Å²) in [7, 11) is 0. The molecule has 1 amide bonds. The second-order valence-corrected chi connectivity index (χ2v) is 7.59. The molecule has 0 radical (unpaired) electrons. The van der Waals surface area contributed by atoms with Crippen LogP contribution in [0.3, 0.4) is 0 Å². The first kappa shape index (κ1) is 17.1. The predicted molar refractivity (Wildman–Crippen MR) is 91.1 cm³/mol. The van der Waals surface area contributed by atoms with Crippen LogP contribution in [0.4, 0.5) is 10.6 Å². The minimum absolute atomic E-state index is 0.341. The van der Waals surface area contributed by atoms with Gasteiger partial charge in [0.25, 0.3) is 0 Å². The van der Waals surface area contributed by atoms with Crippen LogP contribution in [0.15, 0.2) is 22.8 Å². The highest BCUT2D eigenvalue weighted by molar-refractivity contribution is 9.10. The zero-order valence-electron chi connectivity index (χ0n) is 13.4. The third-order valence-electron chi connectivity index (χ3n) is 3.49. The molecule has 0 saturated carbocycles. The maximum atomic E-state index is 11.7. The van der Waals surface area contributed by atoms with Gasteiger partial charge in [0.05, 0.1) is 0 Å². The molecule has 2 rings (SSSR count). The van der Waals surface area contributed by atoms with Crippen molar-refractivity contribution in [2.45, 2.75) is 39.2 Å². The molecule has 0 spiro atoms. The number of amides is 1. The monoisotopic (exact) mass is 369 g/mol. The Balaban J connectivity index is 1.83. The van der Waals surface area contributed by atoms with E-state index in [0.29, 0.717) is 12.5 Å². The Kier molecular flexibility index (Phi) is 5.67. The van der Waals surface area contributed by atoms with Crippen LogP contribution in [0.25, 0.3) is 0 Å². The lowest BCUT2D eigenvalue weighted by molar-refractivity contribution is 0.0517. The molecule has 1 aromatic rings. The van der Waals surface area contributed by atoms with Crippen molar-refractivity contribution in [3.05, 3.63) is 22.8 Å². The minimum Gasteiger partial charge on any atom is -0.444 e. The summed E-state index contributed by atoms with van der Waals surface area (Å²) in [5, 5.41) is 2.87. The Labute approximate surface area is 140 Å². The van der Waals surface area contributed by atoms with Crippen molar-refractivity contribution in [2.24, 2.45) is 5.92 Å². The molecule has 1 N–H and O–H groups in total. The summed E-state index contributed by atoms with van der Waals surface area (Å²) in [6.45, 7) is 8.17. The first-order valence-electron chi connectivity index (χ1n) is 7.67. The summed E-state index contributed by atoms with van der Waals surface area (Å²) in [5.74, 6) is 1.41. The molecule has 2 heterocycles. The van der Waals surface area contributed by atoms with E-state index in [1.807, 2.05) is 39.1 Å². The van der Waals surface area contributed by atoms with E-state index in [2.05, 4.69) is 31.1 Å². The van der Waals surface area contributed by atoms with Gasteiger partial charge >= 0.3 is 6.09 Å². The number of nitrogens with one attached hydrogen (secondary N) is 1. The first-order chi connectivity index (χ1) is 10.3. The van der Waals surface area contributed by atoms with Gasteiger partial charge in [-0.1, -0.05) is 0 Å². The molecule has 0 bridgehead atoms. The van der Waals surface area contributed by atoms with Crippen molar-refractivity contribution in [1.29, 1.82) is 0 Å². The van der Waals surface area contributed by atoms with Crippen LogP contribution in [0, 0.1) is 5.92 Å². The fraction of sp³-hybridized carbons (Fsp3) is 0.625. The Morgan fingerprint density at radius 3 is 2.91 bits per heavy atom. The standard InChI is InChI=1S/C16H24BrN3O2/c1-16(2,3)22-15(21)19-9-12-5-4-8-20(11-12)14-7-6-13(17)10-18-14/h6-7,10,12H,4-5,8-9,11H2,1-3H3,(H,19,21)/t12-/m0/s1. The molecular weight excluding hydrogens is 346 g/mol. The van der Waals surface area contributed by atoms with Gasteiger partial charge in [0.15, 0.2) is 0 Å². The third kappa shape index (κ3) is 5.48. The van der Waals surface area contributed by atoms with Gasteiger partial charge in [-0.05, 0) is 67.6 Å². The number of nitrogens with zero attached hydrogens (tertiary/aromatic N) is 2. The summed E-state index contributed by atoms with van der Waals surface area (Å²) < 4.78 is 6.25. The van der Waals surface area contributed by atoms with E-state index in [0.717, 1.165) is 36.2 Å². The number of piperidine rings is 1. The minimum atomic E-state index is -0.454. The molecule has 0 aromatic carbocycles. The molecule has 1 fully saturated rings. The van der Waals surface area contributed by atoms with Gasteiger partial charge in [0, 0.05) is 30.3 Å². The second kappa shape index (κ2) is 7.31. The lowest BCUT2D eigenvalue weighted by Gasteiger charge is -2.33. The fourth-order valence-corrected chi connectivity index (χ4v) is 2.77. The summed E-state index contributed by atoms with van der Waals surface area (Å²) in [6.07, 6.45) is 3.70. The summed E-state index contributed by atoms with van der Waals surface area (Å²) in [4.78, 5) is 18.4. The van der Waals surface area contributed by atoms with Crippen LogP contribution in [0.1, 0.15) is 33.6 Å². The molecule has 0 aliphatic carbocycles. The summed E-state index contributed by atoms with van der Waals surface area (Å²) in [5.41, 5.74) is -0.454. The van der Waals surface area contributed by atoms with E-state index in [4.69, 9.17) is 4.74 Å². The highest BCUT2D eigenvalue weighted by Gasteiger charge is 2.22. The van der Waals surface area contributed by atoms with Crippen LogP contribution in [-0.4, -0.2) is 36.3 Å².